The summed E-state index contributed by atoms with van der Waals surface area (Å²) >= 11 is 5.67. The first-order valence-corrected chi connectivity index (χ1v) is 10.8. The highest BCUT2D eigenvalue weighted by molar-refractivity contribution is 6.31. The summed E-state index contributed by atoms with van der Waals surface area (Å²) < 4.78 is 39.5. The number of methoxy groups -OCH3 is 1. The number of likely N-dealkylation sites (tertiary alicyclic amines) is 1. The Morgan fingerprint density at radius 1 is 1.26 bits per heavy atom. The molecule has 2 amide bonds. The molecule has 1 aliphatic rings. The second-order valence-electron chi connectivity index (χ2n) is 7.75. The van der Waals surface area contributed by atoms with E-state index in [0.29, 0.717) is 23.1 Å². The standard InChI is InChI=1S/C22H20ClF2N5O5/c1-34-16-8-14-11(21(28-9-27-14)29-13-3-2-12(24)18(23)19(13)25)7-17(16)35-10-4-5-30(22(32)33)15(6-10)20(26)31/h2-3,7-10,15H,4-6H2,1H3,(H2,26,31)(H,32,33)(H,27,28,29). The predicted molar refractivity (Wildman–Crippen MR) is 122 cm³/mol. The van der Waals surface area contributed by atoms with Gasteiger partial charge in [-0.2, -0.15) is 0 Å². The molecule has 3 aromatic rings. The zero-order chi connectivity index (χ0) is 25.3. The van der Waals surface area contributed by atoms with Crippen molar-refractivity contribution < 1.29 is 33.0 Å². The zero-order valence-corrected chi connectivity index (χ0v) is 19.1. The Balaban J connectivity index is 1.67. The number of fused-ring (bicyclic) bond motifs is 1. The van der Waals surface area contributed by atoms with Crippen LogP contribution in [-0.4, -0.2) is 57.8 Å². The molecular weight excluding hydrogens is 488 g/mol. The van der Waals surface area contributed by atoms with Crippen LogP contribution in [0.5, 0.6) is 11.5 Å². The Morgan fingerprint density at radius 3 is 2.71 bits per heavy atom. The summed E-state index contributed by atoms with van der Waals surface area (Å²) in [5.41, 5.74) is 5.74. The minimum atomic E-state index is -1.24. The average Bonchev–Trinajstić information content (AvgIpc) is 2.84. The van der Waals surface area contributed by atoms with Gasteiger partial charge in [0.25, 0.3) is 0 Å². The van der Waals surface area contributed by atoms with Gasteiger partial charge in [0.05, 0.1) is 18.3 Å². The molecule has 1 aromatic heterocycles. The van der Waals surface area contributed by atoms with Gasteiger partial charge in [-0.05, 0) is 18.2 Å². The number of aromatic nitrogens is 2. The van der Waals surface area contributed by atoms with Crippen LogP contribution in [0, 0.1) is 11.6 Å². The molecule has 0 radical (unpaired) electrons. The summed E-state index contributed by atoms with van der Waals surface area (Å²) in [6, 6.07) is 4.33. The van der Waals surface area contributed by atoms with E-state index in [1.807, 2.05) is 0 Å². The van der Waals surface area contributed by atoms with E-state index in [4.69, 9.17) is 26.8 Å². The van der Waals surface area contributed by atoms with Crippen molar-refractivity contribution in [2.45, 2.75) is 25.0 Å². The van der Waals surface area contributed by atoms with Crippen molar-refractivity contribution in [2.75, 3.05) is 19.0 Å². The highest BCUT2D eigenvalue weighted by Gasteiger charge is 2.36. The third-order valence-electron chi connectivity index (χ3n) is 5.63. The van der Waals surface area contributed by atoms with Crippen LogP contribution in [0.4, 0.5) is 25.1 Å². The number of rotatable bonds is 6. The third-order valence-corrected chi connectivity index (χ3v) is 5.98. The molecule has 1 aliphatic heterocycles. The van der Waals surface area contributed by atoms with E-state index in [1.165, 1.54) is 19.5 Å². The smallest absolute Gasteiger partial charge is 0.407 e. The molecule has 2 unspecified atom stereocenters. The lowest BCUT2D eigenvalue weighted by Gasteiger charge is -2.36. The van der Waals surface area contributed by atoms with Crippen molar-refractivity contribution in [1.29, 1.82) is 0 Å². The summed E-state index contributed by atoms with van der Waals surface area (Å²) in [6.07, 6.45) is -0.154. The highest BCUT2D eigenvalue weighted by Crippen LogP contribution is 2.37. The zero-order valence-electron chi connectivity index (χ0n) is 18.3. The third kappa shape index (κ3) is 4.83. The second kappa shape index (κ2) is 9.74. The number of nitrogens with one attached hydrogen (secondary N) is 1. The number of hydrogen-bond donors (Lipinski definition) is 3. The van der Waals surface area contributed by atoms with Crippen molar-refractivity contribution >= 4 is 46.0 Å². The monoisotopic (exact) mass is 507 g/mol. The fraction of sp³-hybridized carbons (Fsp3) is 0.273. The predicted octanol–water partition coefficient (Wildman–Crippen LogP) is 3.69. The molecule has 4 rings (SSSR count). The number of ether oxygens (including phenoxy) is 2. The molecule has 2 aromatic carbocycles. The van der Waals surface area contributed by atoms with E-state index in [1.54, 1.807) is 12.1 Å². The van der Waals surface area contributed by atoms with E-state index in [2.05, 4.69) is 15.3 Å². The van der Waals surface area contributed by atoms with E-state index < -0.39 is 40.8 Å². The first kappa shape index (κ1) is 24.2. The fourth-order valence-corrected chi connectivity index (χ4v) is 4.05. The van der Waals surface area contributed by atoms with Gasteiger partial charge in [-0.15, -0.1) is 0 Å². The molecule has 0 saturated carbocycles. The number of anilines is 2. The van der Waals surface area contributed by atoms with Crippen LogP contribution in [0.25, 0.3) is 10.9 Å². The van der Waals surface area contributed by atoms with Crippen LogP contribution in [-0.2, 0) is 4.79 Å². The first-order valence-electron chi connectivity index (χ1n) is 10.4. The van der Waals surface area contributed by atoms with Gasteiger partial charge in [0.1, 0.15) is 35.1 Å². The molecule has 2 atom stereocenters. The maximum Gasteiger partial charge on any atom is 0.407 e. The minimum absolute atomic E-state index is 0.0541. The molecule has 0 aliphatic carbocycles. The number of nitrogens with two attached hydrogens (primary N) is 1. The van der Waals surface area contributed by atoms with Crippen LogP contribution in [0.1, 0.15) is 12.8 Å². The van der Waals surface area contributed by atoms with E-state index >= 15 is 0 Å². The second-order valence-corrected chi connectivity index (χ2v) is 8.13. The van der Waals surface area contributed by atoms with Crippen molar-refractivity contribution in [3.05, 3.63) is 47.2 Å². The van der Waals surface area contributed by atoms with Gasteiger partial charge in [0, 0.05) is 30.8 Å². The fourth-order valence-electron chi connectivity index (χ4n) is 3.88. The largest absolute Gasteiger partial charge is 0.493 e. The van der Waals surface area contributed by atoms with Crippen molar-refractivity contribution in [3.63, 3.8) is 0 Å². The average molecular weight is 508 g/mol. The molecule has 4 N–H and O–H groups in total. The van der Waals surface area contributed by atoms with Crippen LogP contribution >= 0.6 is 11.6 Å². The first-order chi connectivity index (χ1) is 16.7. The van der Waals surface area contributed by atoms with Gasteiger partial charge in [0.15, 0.2) is 17.3 Å². The van der Waals surface area contributed by atoms with Crippen molar-refractivity contribution in [1.82, 2.24) is 14.9 Å². The Kier molecular flexibility index (Phi) is 6.74. The number of amides is 2. The molecule has 184 valence electrons. The van der Waals surface area contributed by atoms with Crippen LogP contribution < -0.4 is 20.5 Å². The van der Waals surface area contributed by atoms with Crippen molar-refractivity contribution in [3.8, 4) is 11.5 Å². The maximum atomic E-state index is 14.4. The molecule has 1 fully saturated rings. The number of halogens is 3. The summed E-state index contributed by atoms with van der Waals surface area (Å²) in [4.78, 5) is 32.5. The lowest BCUT2D eigenvalue weighted by molar-refractivity contribution is -0.125. The maximum absolute atomic E-state index is 14.4. The number of hydrogen-bond acceptors (Lipinski definition) is 7. The summed E-state index contributed by atoms with van der Waals surface area (Å²) in [5, 5.41) is 11.9. The van der Waals surface area contributed by atoms with E-state index in [0.717, 1.165) is 11.0 Å². The Labute approximate surface area is 202 Å². The Hall–Kier alpha value is -3.93. The van der Waals surface area contributed by atoms with E-state index in [9.17, 15) is 23.5 Å². The molecule has 13 heteroatoms. The molecule has 0 spiro atoms. The Morgan fingerprint density at radius 2 is 2.03 bits per heavy atom. The lowest BCUT2D eigenvalue weighted by atomic mass is 9.99. The van der Waals surface area contributed by atoms with Gasteiger partial charge in [-0.1, -0.05) is 11.6 Å². The SMILES string of the molecule is COc1cc2ncnc(Nc3ccc(F)c(Cl)c3F)c2cc1OC1CCN(C(=O)O)C(C(N)=O)C1. The topological polar surface area (TPSA) is 140 Å². The van der Waals surface area contributed by atoms with Crippen LogP contribution in [0.2, 0.25) is 5.02 Å². The van der Waals surface area contributed by atoms with Gasteiger partial charge in [-0.3, -0.25) is 9.69 Å². The molecule has 10 nitrogen and oxygen atoms in total. The highest BCUT2D eigenvalue weighted by atomic mass is 35.5. The Bertz CT molecular complexity index is 1310. The lowest BCUT2D eigenvalue weighted by Crippen LogP contribution is -2.54. The molecular formula is C22H20ClF2N5O5. The molecule has 0 bridgehead atoms. The molecule has 2 heterocycles. The number of carboxylic acid groups (broad SMARTS) is 1. The number of benzene rings is 2. The van der Waals surface area contributed by atoms with Crippen LogP contribution in [0.3, 0.4) is 0 Å². The normalized spacial score (nSPS) is 17.8. The van der Waals surface area contributed by atoms with Gasteiger partial charge >= 0.3 is 6.09 Å². The number of primary amides is 1. The minimum Gasteiger partial charge on any atom is -0.493 e. The summed E-state index contributed by atoms with van der Waals surface area (Å²) in [7, 11) is 1.43. The number of nitrogens with zero attached hydrogens (tertiary/aromatic N) is 3. The van der Waals surface area contributed by atoms with Gasteiger partial charge < -0.3 is 25.6 Å². The summed E-state index contributed by atoms with van der Waals surface area (Å²) in [6.45, 7) is 0.0595. The molecule has 35 heavy (non-hydrogen) atoms. The molecule has 1 saturated heterocycles. The van der Waals surface area contributed by atoms with Crippen LogP contribution in [0.15, 0.2) is 30.6 Å². The van der Waals surface area contributed by atoms with Gasteiger partial charge in [0.2, 0.25) is 5.91 Å². The van der Waals surface area contributed by atoms with E-state index in [-0.39, 0.29) is 30.2 Å². The quantitative estimate of drug-likeness (QED) is 0.429. The number of piperidine rings is 1. The number of carbonyl (C=O) groups excluding carboxylic acids is 1. The summed E-state index contributed by atoms with van der Waals surface area (Å²) in [5.74, 6) is -1.86. The van der Waals surface area contributed by atoms with Crippen molar-refractivity contribution in [2.24, 2.45) is 5.73 Å². The number of carbonyl (C=O) groups is 2. The van der Waals surface area contributed by atoms with Gasteiger partial charge in [-0.25, -0.2) is 23.5 Å².